The molecule has 1 N–H and O–H groups in total. The largest absolute Gasteiger partial charge is 0.478 e. The quantitative estimate of drug-likeness (QED) is 0.382. The van der Waals surface area contributed by atoms with Crippen molar-refractivity contribution in [2.75, 3.05) is 4.90 Å². The van der Waals surface area contributed by atoms with Crippen LogP contribution >= 0.6 is 15.9 Å². The predicted molar refractivity (Wildman–Crippen MR) is 129 cm³/mol. The third kappa shape index (κ3) is 3.47. The number of carboxylic acid groups (broad SMARTS) is 1. The molecule has 1 fully saturated rings. The predicted octanol–water partition coefficient (Wildman–Crippen LogP) is 5.37. The number of allylic oxidation sites excluding steroid dienone is 2. The van der Waals surface area contributed by atoms with Crippen LogP contribution in [0.3, 0.4) is 0 Å². The number of hydrogen-bond donors (Lipinski definition) is 1. The van der Waals surface area contributed by atoms with E-state index in [1.54, 1.807) is 36.4 Å². The Hall–Kier alpha value is -3.32. The van der Waals surface area contributed by atoms with Crippen molar-refractivity contribution in [2.24, 2.45) is 17.8 Å². The van der Waals surface area contributed by atoms with Crippen LogP contribution in [-0.4, -0.2) is 27.9 Å². The van der Waals surface area contributed by atoms with Gasteiger partial charge in [-0.25, -0.2) is 9.78 Å². The fourth-order valence-corrected chi connectivity index (χ4v) is 5.54. The van der Waals surface area contributed by atoms with E-state index in [0.29, 0.717) is 34.3 Å². The van der Waals surface area contributed by atoms with E-state index in [-0.39, 0.29) is 35.1 Å². The Bertz CT molecular complexity index is 1360. The van der Waals surface area contributed by atoms with Crippen LogP contribution in [0.1, 0.15) is 29.3 Å². The first-order valence-corrected chi connectivity index (χ1v) is 11.5. The molecule has 0 saturated carbocycles. The first-order valence-electron chi connectivity index (χ1n) is 10.8. The number of aryl methyl sites for hydroxylation is 1. The molecule has 3 unspecified atom stereocenters. The summed E-state index contributed by atoms with van der Waals surface area (Å²) in [6.07, 6.45) is 4.57. The minimum absolute atomic E-state index is 0.0315. The summed E-state index contributed by atoms with van der Waals surface area (Å²) in [5.74, 6) is -1.94. The fourth-order valence-electron chi connectivity index (χ4n) is 4.96. The molecule has 6 nitrogen and oxygen atoms in total. The van der Waals surface area contributed by atoms with Gasteiger partial charge in [-0.05, 0) is 55.2 Å². The van der Waals surface area contributed by atoms with Gasteiger partial charge in [0.2, 0.25) is 11.8 Å². The first kappa shape index (κ1) is 21.5. The third-order valence-corrected chi connectivity index (χ3v) is 7.05. The molecule has 2 aromatic carbocycles. The summed E-state index contributed by atoms with van der Waals surface area (Å²) in [6, 6.07) is 12.2. The van der Waals surface area contributed by atoms with Gasteiger partial charge in [0.05, 0.1) is 34.3 Å². The number of carbonyl (C=O) groups is 3. The highest BCUT2D eigenvalue weighted by molar-refractivity contribution is 9.10. The third-order valence-electron chi connectivity index (χ3n) is 6.59. The number of nitrogens with zero attached hydrogens (tertiary/aromatic N) is 2. The minimum Gasteiger partial charge on any atom is -0.478 e. The highest BCUT2D eigenvalue weighted by Crippen LogP contribution is 2.40. The van der Waals surface area contributed by atoms with Crippen LogP contribution in [0.4, 0.5) is 5.69 Å². The van der Waals surface area contributed by atoms with Crippen LogP contribution in [0.2, 0.25) is 0 Å². The number of carbonyl (C=O) groups excluding carboxylic acids is 2. The number of amides is 2. The van der Waals surface area contributed by atoms with Gasteiger partial charge >= 0.3 is 5.97 Å². The van der Waals surface area contributed by atoms with Gasteiger partial charge in [-0.15, -0.1) is 0 Å². The molecule has 2 amide bonds. The van der Waals surface area contributed by atoms with E-state index in [9.17, 15) is 19.5 Å². The molecule has 166 valence electrons. The van der Waals surface area contributed by atoms with Crippen molar-refractivity contribution >= 4 is 50.3 Å². The average molecular weight is 505 g/mol. The van der Waals surface area contributed by atoms with Crippen molar-refractivity contribution in [3.63, 3.8) is 0 Å². The van der Waals surface area contributed by atoms with Crippen molar-refractivity contribution in [3.05, 3.63) is 70.2 Å². The number of aromatic carboxylic acids is 1. The summed E-state index contributed by atoms with van der Waals surface area (Å²) < 4.78 is 0.791. The molecule has 2 aliphatic rings. The molecule has 2 heterocycles. The number of carboxylic acids is 1. The van der Waals surface area contributed by atoms with Crippen LogP contribution in [0.25, 0.3) is 22.2 Å². The summed E-state index contributed by atoms with van der Waals surface area (Å²) in [5.41, 5.74) is 3.39. The average Bonchev–Trinajstić information content (AvgIpc) is 3.04. The van der Waals surface area contributed by atoms with Crippen molar-refractivity contribution < 1.29 is 19.5 Å². The Labute approximate surface area is 199 Å². The van der Waals surface area contributed by atoms with Crippen molar-refractivity contribution in [1.29, 1.82) is 0 Å². The lowest BCUT2D eigenvalue weighted by molar-refractivity contribution is -0.122. The van der Waals surface area contributed by atoms with Gasteiger partial charge < -0.3 is 5.11 Å². The summed E-state index contributed by atoms with van der Waals surface area (Å²) >= 11 is 3.42. The van der Waals surface area contributed by atoms with Crippen LogP contribution in [-0.2, 0) is 9.59 Å². The molecule has 0 bridgehead atoms. The Morgan fingerprint density at radius 2 is 1.85 bits per heavy atom. The van der Waals surface area contributed by atoms with Gasteiger partial charge in [0, 0.05) is 15.4 Å². The summed E-state index contributed by atoms with van der Waals surface area (Å²) in [4.78, 5) is 44.0. The molecule has 33 heavy (non-hydrogen) atoms. The molecule has 1 aromatic heterocycles. The van der Waals surface area contributed by atoms with E-state index in [0.717, 1.165) is 10.0 Å². The number of hydrogen-bond acceptors (Lipinski definition) is 4. The van der Waals surface area contributed by atoms with Crippen LogP contribution in [0.5, 0.6) is 0 Å². The minimum atomic E-state index is -1.03. The second-order valence-electron chi connectivity index (χ2n) is 8.69. The molecule has 3 aromatic rings. The molecule has 1 aliphatic carbocycles. The Kier molecular flexibility index (Phi) is 5.16. The summed E-state index contributed by atoms with van der Waals surface area (Å²) in [6.45, 7) is 3.86. The zero-order valence-electron chi connectivity index (χ0n) is 18.1. The van der Waals surface area contributed by atoms with E-state index >= 15 is 0 Å². The maximum Gasteiger partial charge on any atom is 0.336 e. The molecule has 0 radical (unpaired) electrons. The van der Waals surface area contributed by atoms with Crippen molar-refractivity contribution in [3.8, 4) is 11.3 Å². The van der Waals surface area contributed by atoms with Crippen LogP contribution in [0, 0.1) is 24.7 Å². The molecule has 1 aliphatic heterocycles. The number of halogens is 1. The highest BCUT2D eigenvalue weighted by atomic mass is 79.9. The molecule has 7 heteroatoms. The van der Waals surface area contributed by atoms with Gasteiger partial charge in [-0.2, -0.15) is 0 Å². The molecule has 0 spiro atoms. The maximum absolute atomic E-state index is 13.0. The SMILES string of the molecule is Cc1cc(Br)cc2c(C(=O)O)cc(-c3ccc(N4C(=O)C5CC=CC(C)C5C4=O)cc3)nc12. The van der Waals surface area contributed by atoms with E-state index in [1.165, 1.54) is 4.90 Å². The van der Waals surface area contributed by atoms with E-state index in [1.807, 2.05) is 32.1 Å². The molecule has 1 saturated heterocycles. The van der Waals surface area contributed by atoms with Crippen molar-refractivity contribution in [1.82, 2.24) is 4.98 Å². The Balaban J connectivity index is 1.54. The Morgan fingerprint density at radius 1 is 1.12 bits per heavy atom. The van der Waals surface area contributed by atoms with Crippen LogP contribution < -0.4 is 4.90 Å². The fraction of sp³-hybridized carbons (Fsp3) is 0.231. The molecular formula is C26H21BrN2O4. The number of fused-ring (bicyclic) bond motifs is 2. The summed E-state index contributed by atoms with van der Waals surface area (Å²) in [7, 11) is 0. The van der Waals surface area contributed by atoms with E-state index in [2.05, 4.69) is 15.9 Å². The summed E-state index contributed by atoms with van der Waals surface area (Å²) in [5, 5.41) is 10.3. The van der Waals surface area contributed by atoms with Crippen LogP contribution in [0.15, 0.2) is 59.1 Å². The first-order chi connectivity index (χ1) is 15.8. The van der Waals surface area contributed by atoms with Gasteiger partial charge in [0.1, 0.15) is 0 Å². The molecular weight excluding hydrogens is 484 g/mol. The van der Waals surface area contributed by atoms with Gasteiger partial charge in [0.25, 0.3) is 0 Å². The number of aromatic nitrogens is 1. The smallest absolute Gasteiger partial charge is 0.336 e. The standard InChI is InChI=1S/C26H21BrN2O4/c1-13-4-3-5-18-22(13)25(31)29(24(18)30)17-8-6-15(7-9-17)21-12-20(26(32)33)19-11-16(27)10-14(2)23(19)28-21/h3-4,6-13,18,22H,5H2,1-2H3,(H,32,33). The number of pyridine rings is 1. The number of benzene rings is 2. The highest BCUT2D eigenvalue weighted by Gasteiger charge is 2.50. The Morgan fingerprint density at radius 3 is 2.52 bits per heavy atom. The zero-order valence-corrected chi connectivity index (χ0v) is 19.7. The monoisotopic (exact) mass is 504 g/mol. The molecule has 3 atom stereocenters. The van der Waals surface area contributed by atoms with Gasteiger partial charge in [-0.1, -0.05) is 47.1 Å². The number of anilines is 1. The zero-order chi connectivity index (χ0) is 23.4. The number of imide groups is 1. The second-order valence-corrected chi connectivity index (χ2v) is 9.61. The number of rotatable bonds is 3. The molecule has 5 rings (SSSR count). The van der Waals surface area contributed by atoms with Gasteiger partial charge in [-0.3, -0.25) is 14.5 Å². The van der Waals surface area contributed by atoms with E-state index in [4.69, 9.17) is 4.98 Å². The maximum atomic E-state index is 13.0. The van der Waals surface area contributed by atoms with E-state index < -0.39 is 5.97 Å². The lowest BCUT2D eigenvalue weighted by Crippen LogP contribution is -2.31. The second kappa shape index (κ2) is 7.92. The van der Waals surface area contributed by atoms with Gasteiger partial charge in [0.15, 0.2) is 0 Å². The van der Waals surface area contributed by atoms with Crippen molar-refractivity contribution in [2.45, 2.75) is 20.3 Å². The topological polar surface area (TPSA) is 87.6 Å². The lowest BCUT2D eigenvalue weighted by atomic mass is 9.78. The lowest BCUT2D eigenvalue weighted by Gasteiger charge is -2.22. The normalized spacial score (nSPS) is 22.2.